The summed E-state index contributed by atoms with van der Waals surface area (Å²) in [6, 6.07) is 12.6. The third-order valence-corrected chi connectivity index (χ3v) is 5.69. The zero-order valence-corrected chi connectivity index (χ0v) is 17.5. The van der Waals surface area contributed by atoms with Crippen LogP contribution < -0.4 is 0 Å². The Morgan fingerprint density at radius 2 is 1.89 bits per heavy atom. The molecule has 2 heterocycles. The molecule has 0 saturated carbocycles. The quantitative estimate of drug-likeness (QED) is 0.306. The molecule has 0 aliphatic heterocycles. The number of nitrogens with zero attached hydrogens (tertiary/aromatic N) is 4. The highest BCUT2D eigenvalue weighted by molar-refractivity contribution is 7.98. The fourth-order valence-corrected chi connectivity index (χ4v) is 3.86. The van der Waals surface area contributed by atoms with Gasteiger partial charge in [0.1, 0.15) is 0 Å². The number of thioether (sulfide) groups is 1. The summed E-state index contributed by atoms with van der Waals surface area (Å²) in [5, 5.41) is 9.68. The molecule has 0 saturated heterocycles. The van der Waals surface area contributed by atoms with E-state index in [0.29, 0.717) is 0 Å². The van der Waals surface area contributed by atoms with Crippen molar-refractivity contribution in [3.8, 4) is 11.4 Å². The molecule has 0 fully saturated rings. The molecule has 0 bridgehead atoms. The summed E-state index contributed by atoms with van der Waals surface area (Å²) in [5.41, 5.74) is 3.38. The van der Waals surface area contributed by atoms with Gasteiger partial charge in [-0.05, 0) is 30.0 Å². The maximum Gasteiger partial charge on any atom is 0.191 e. The second kappa shape index (κ2) is 10.8. The van der Waals surface area contributed by atoms with Crippen molar-refractivity contribution in [2.75, 3.05) is 0 Å². The van der Waals surface area contributed by atoms with Gasteiger partial charge < -0.3 is 4.57 Å². The summed E-state index contributed by atoms with van der Waals surface area (Å²) in [6.07, 6.45) is 14.4. The van der Waals surface area contributed by atoms with E-state index < -0.39 is 0 Å². The van der Waals surface area contributed by atoms with Crippen molar-refractivity contribution in [3.63, 3.8) is 0 Å². The van der Waals surface area contributed by atoms with Gasteiger partial charge in [0, 0.05) is 30.8 Å². The van der Waals surface area contributed by atoms with E-state index in [1.807, 2.05) is 30.1 Å². The first kappa shape index (κ1) is 20.3. The molecule has 0 aliphatic carbocycles. The minimum atomic E-state index is 0.848. The van der Waals surface area contributed by atoms with Gasteiger partial charge >= 0.3 is 0 Å². The lowest BCUT2D eigenvalue weighted by atomic mass is 10.1. The van der Waals surface area contributed by atoms with Crippen LogP contribution >= 0.6 is 11.8 Å². The molecule has 0 atom stereocenters. The Labute approximate surface area is 172 Å². The molecule has 0 unspecified atom stereocenters. The molecule has 28 heavy (non-hydrogen) atoms. The molecule has 1 aromatic carbocycles. The van der Waals surface area contributed by atoms with Gasteiger partial charge in [-0.2, -0.15) is 0 Å². The molecular weight excluding hydrogens is 364 g/mol. The van der Waals surface area contributed by atoms with Gasteiger partial charge in [-0.15, -0.1) is 10.2 Å². The highest BCUT2D eigenvalue weighted by Crippen LogP contribution is 2.25. The summed E-state index contributed by atoms with van der Waals surface area (Å²) in [6.45, 7) is 2.24. The minimum absolute atomic E-state index is 0.848. The van der Waals surface area contributed by atoms with Crippen LogP contribution in [0.3, 0.4) is 0 Å². The van der Waals surface area contributed by atoms with Crippen molar-refractivity contribution in [1.82, 2.24) is 19.7 Å². The Morgan fingerprint density at radius 3 is 2.71 bits per heavy atom. The lowest BCUT2D eigenvalue weighted by Crippen LogP contribution is -1.96. The first-order valence-corrected chi connectivity index (χ1v) is 10.9. The molecule has 0 aliphatic rings. The number of allylic oxidation sites excluding steroid dienone is 1. The van der Waals surface area contributed by atoms with Gasteiger partial charge in [0.15, 0.2) is 11.0 Å². The predicted octanol–water partition coefficient (Wildman–Crippen LogP) is 6.15. The van der Waals surface area contributed by atoms with Crippen LogP contribution in [0.2, 0.25) is 0 Å². The van der Waals surface area contributed by atoms with Crippen LogP contribution in [0.15, 0.2) is 60.0 Å². The highest BCUT2D eigenvalue weighted by Gasteiger charge is 2.12. The smallest absolute Gasteiger partial charge is 0.191 e. The number of hydrogen-bond donors (Lipinski definition) is 0. The zero-order chi connectivity index (χ0) is 19.6. The Balaban J connectivity index is 1.63. The zero-order valence-electron chi connectivity index (χ0n) is 16.7. The average molecular weight is 393 g/mol. The van der Waals surface area contributed by atoms with Gasteiger partial charge in [-0.1, -0.05) is 80.4 Å². The summed E-state index contributed by atoms with van der Waals surface area (Å²) in [5.74, 6) is 1.73. The van der Waals surface area contributed by atoms with Crippen LogP contribution in [0.4, 0.5) is 0 Å². The van der Waals surface area contributed by atoms with Crippen molar-refractivity contribution >= 4 is 17.8 Å². The number of rotatable bonds is 10. The Bertz CT molecular complexity index is 887. The second-order valence-electron chi connectivity index (χ2n) is 6.90. The van der Waals surface area contributed by atoms with Crippen LogP contribution in [-0.4, -0.2) is 19.7 Å². The molecule has 5 heteroatoms. The summed E-state index contributed by atoms with van der Waals surface area (Å²) in [4.78, 5) is 4.39. The van der Waals surface area contributed by atoms with E-state index in [2.05, 4.69) is 64.6 Å². The molecule has 0 radical (unpaired) electrons. The number of unbranched alkanes of at least 4 members (excludes halogenated alkanes) is 4. The van der Waals surface area contributed by atoms with Gasteiger partial charge in [0.25, 0.3) is 0 Å². The average Bonchev–Trinajstić information content (AvgIpc) is 3.10. The van der Waals surface area contributed by atoms with E-state index in [4.69, 9.17) is 0 Å². The number of pyridine rings is 1. The predicted molar refractivity (Wildman–Crippen MR) is 118 cm³/mol. The first-order chi connectivity index (χ1) is 13.8. The van der Waals surface area contributed by atoms with Crippen LogP contribution in [0.1, 0.15) is 50.2 Å². The van der Waals surface area contributed by atoms with E-state index in [0.717, 1.165) is 34.3 Å². The molecule has 2 aromatic heterocycles. The third kappa shape index (κ3) is 5.80. The van der Waals surface area contributed by atoms with Crippen LogP contribution in [-0.2, 0) is 12.8 Å². The fourth-order valence-electron chi connectivity index (χ4n) is 2.99. The van der Waals surface area contributed by atoms with Crippen molar-refractivity contribution < 1.29 is 0 Å². The normalized spacial score (nSPS) is 11.4. The van der Waals surface area contributed by atoms with Gasteiger partial charge in [0.2, 0.25) is 0 Å². The molecule has 0 spiro atoms. The van der Waals surface area contributed by atoms with Crippen LogP contribution in [0, 0.1) is 0 Å². The Kier molecular flexibility index (Phi) is 7.85. The van der Waals surface area contributed by atoms with Gasteiger partial charge in [-0.3, -0.25) is 4.98 Å². The van der Waals surface area contributed by atoms with Crippen molar-refractivity contribution in [2.24, 2.45) is 7.05 Å². The standard InChI is InChI=1S/C23H28N4S/c1-3-4-5-6-7-9-14-20-15-21(17-24-16-20)22-25-26-23(27(22)2)28-18-19-12-10-8-11-13-19/h8-17H,3-7,18H2,1-2H3. The maximum absolute atomic E-state index is 4.40. The van der Waals surface area contributed by atoms with E-state index in [-0.39, 0.29) is 0 Å². The SMILES string of the molecule is CCCCCCC=Cc1cncc(-c2nnc(SCc3ccccc3)n2C)c1. The Morgan fingerprint density at radius 1 is 1.04 bits per heavy atom. The van der Waals surface area contributed by atoms with Crippen LogP contribution in [0.5, 0.6) is 0 Å². The largest absolute Gasteiger partial charge is 0.305 e. The monoisotopic (exact) mass is 392 g/mol. The number of benzene rings is 1. The van der Waals surface area contributed by atoms with Crippen LogP contribution in [0.25, 0.3) is 17.5 Å². The lowest BCUT2D eigenvalue weighted by Gasteiger charge is -2.05. The molecule has 4 nitrogen and oxygen atoms in total. The number of hydrogen-bond acceptors (Lipinski definition) is 4. The first-order valence-electron chi connectivity index (χ1n) is 9.96. The van der Waals surface area contributed by atoms with E-state index in [1.54, 1.807) is 11.8 Å². The van der Waals surface area contributed by atoms with E-state index in [1.165, 1.54) is 31.2 Å². The van der Waals surface area contributed by atoms with Gasteiger partial charge in [0.05, 0.1) is 0 Å². The summed E-state index contributed by atoms with van der Waals surface area (Å²) in [7, 11) is 2.01. The molecule has 146 valence electrons. The second-order valence-corrected chi connectivity index (χ2v) is 7.84. The molecule has 0 N–H and O–H groups in total. The Hall–Kier alpha value is -2.40. The van der Waals surface area contributed by atoms with Crippen molar-refractivity contribution in [2.45, 2.75) is 49.9 Å². The molecule has 0 amide bonds. The molecule has 3 rings (SSSR count). The number of aromatic nitrogens is 4. The molecule has 3 aromatic rings. The topological polar surface area (TPSA) is 43.6 Å². The third-order valence-electron chi connectivity index (χ3n) is 4.60. The summed E-state index contributed by atoms with van der Waals surface area (Å²) < 4.78 is 2.04. The fraction of sp³-hybridized carbons (Fsp3) is 0.348. The summed E-state index contributed by atoms with van der Waals surface area (Å²) >= 11 is 1.70. The highest BCUT2D eigenvalue weighted by atomic mass is 32.2. The lowest BCUT2D eigenvalue weighted by molar-refractivity contribution is 0.675. The maximum atomic E-state index is 4.40. The van der Waals surface area contributed by atoms with Crippen molar-refractivity contribution in [1.29, 1.82) is 0 Å². The van der Waals surface area contributed by atoms with E-state index in [9.17, 15) is 0 Å². The molecular formula is C23H28N4S. The van der Waals surface area contributed by atoms with Crippen molar-refractivity contribution in [3.05, 3.63) is 66.0 Å². The minimum Gasteiger partial charge on any atom is -0.305 e. The van der Waals surface area contributed by atoms with E-state index >= 15 is 0 Å². The van der Waals surface area contributed by atoms with Gasteiger partial charge in [-0.25, -0.2) is 0 Å².